The number of hydrogen-bond donors (Lipinski definition) is 0. The fourth-order valence-electron chi connectivity index (χ4n) is 2.40. The highest BCUT2D eigenvalue weighted by Gasteiger charge is 2.13. The van der Waals surface area contributed by atoms with Crippen molar-refractivity contribution >= 4 is 22.6 Å². The summed E-state index contributed by atoms with van der Waals surface area (Å²) in [5.74, 6) is 1.15. The molecule has 0 bridgehead atoms. The number of rotatable bonds is 4. The van der Waals surface area contributed by atoms with Gasteiger partial charge in [-0.25, -0.2) is 9.37 Å². The van der Waals surface area contributed by atoms with E-state index in [1.807, 2.05) is 28.8 Å². The molecule has 3 nitrogen and oxygen atoms in total. The third kappa shape index (κ3) is 2.47. The van der Waals surface area contributed by atoms with Crippen LogP contribution in [0.25, 0.3) is 16.7 Å². The number of aromatic nitrogens is 2. The average molecular weight is 305 g/mol. The van der Waals surface area contributed by atoms with Gasteiger partial charge in [0, 0.05) is 18.4 Å². The molecule has 0 saturated heterocycles. The van der Waals surface area contributed by atoms with Crippen molar-refractivity contribution in [3.63, 3.8) is 0 Å². The number of fused-ring (bicyclic) bond motifs is 1. The molecule has 0 saturated carbocycles. The SMILES string of the molecule is COc1cc(-n2c(CCCl)nc3ccccc32)ccc1F. The normalized spacial score (nSPS) is 11.0. The van der Waals surface area contributed by atoms with Gasteiger partial charge in [-0.1, -0.05) is 12.1 Å². The lowest BCUT2D eigenvalue weighted by molar-refractivity contribution is 0.386. The molecule has 0 spiro atoms. The number of ether oxygens (including phenoxy) is 1. The topological polar surface area (TPSA) is 27.1 Å². The van der Waals surface area contributed by atoms with E-state index in [9.17, 15) is 4.39 Å². The maximum atomic E-state index is 13.6. The van der Waals surface area contributed by atoms with Crippen LogP contribution >= 0.6 is 11.6 Å². The molecule has 108 valence electrons. The van der Waals surface area contributed by atoms with Gasteiger partial charge in [0.1, 0.15) is 5.82 Å². The Labute approximate surface area is 126 Å². The Morgan fingerprint density at radius 3 is 2.81 bits per heavy atom. The van der Waals surface area contributed by atoms with E-state index in [2.05, 4.69) is 4.98 Å². The molecule has 3 rings (SSSR count). The third-order valence-electron chi connectivity index (χ3n) is 3.34. The molecule has 0 atom stereocenters. The van der Waals surface area contributed by atoms with Crippen LogP contribution in [-0.2, 0) is 6.42 Å². The van der Waals surface area contributed by atoms with Gasteiger partial charge in [0.25, 0.3) is 0 Å². The average Bonchev–Trinajstić information content (AvgIpc) is 2.86. The molecule has 0 aliphatic heterocycles. The molecule has 0 radical (unpaired) electrons. The van der Waals surface area contributed by atoms with E-state index in [4.69, 9.17) is 16.3 Å². The number of aryl methyl sites for hydroxylation is 1. The van der Waals surface area contributed by atoms with Gasteiger partial charge in [0.05, 0.1) is 23.8 Å². The number of nitrogens with zero attached hydrogens (tertiary/aromatic N) is 2. The zero-order valence-corrected chi connectivity index (χ0v) is 12.3. The quantitative estimate of drug-likeness (QED) is 0.682. The van der Waals surface area contributed by atoms with Gasteiger partial charge in [-0.2, -0.15) is 0 Å². The minimum absolute atomic E-state index is 0.210. The van der Waals surface area contributed by atoms with Crippen molar-refractivity contribution in [3.8, 4) is 11.4 Å². The van der Waals surface area contributed by atoms with E-state index in [0.717, 1.165) is 22.5 Å². The molecule has 0 amide bonds. The lowest BCUT2D eigenvalue weighted by Crippen LogP contribution is -2.03. The molecule has 1 heterocycles. The van der Waals surface area contributed by atoms with Crippen LogP contribution in [-0.4, -0.2) is 22.5 Å². The second-order valence-corrected chi connectivity index (χ2v) is 4.99. The van der Waals surface area contributed by atoms with E-state index >= 15 is 0 Å². The first-order chi connectivity index (χ1) is 10.2. The van der Waals surface area contributed by atoms with E-state index in [0.29, 0.717) is 12.3 Å². The van der Waals surface area contributed by atoms with Gasteiger partial charge in [0.15, 0.2) is 11.6 Å². The van der Waals surface area contributed by atoms with Crippen molar-refractivity contribution in [3.05, 3.63) is 54.1 Å². The molecule has 0 aliphatic carbocycles. The van der Waals surface area contributed by atoms with Crippen LogP contribution in [0.4, 0.5) is 4.39 Å². The van der Waals surface area contributed by atoms with Gasteiger partial charge in [-0.15, -0.1) is 11.6 Å². The van der Waals surface area contributed by atoms with Crippen molar-refractivity contribution in [1.29, 1.82) is 0 Å². The molecule has 2 aromatic carbocycles. The Hall–Kier alpha value is -2.07. The minimum atomic E-state index is -0.385. The summed E-state index contributed by atoms with van der Waals surface area (Å²) in [6.45, 7) is 0. The Morgan fingerprint density at radius 1 is 1.24 bits per heavy atom. The number of para-hydroxylation sites is 2. The lowest BCUT2D eigenvalue weighted by atomic mass is 10.2. The van der Waals surface area contributed by atoms with E-state index in [1.54, 1.807) is 12.1 Å². The van der Waals surface area contributed by atoms with Crippen molar-refractivity contribution in [2.45, 2.75) is 6.42 Å². The van der Waals surface area contributed by atoms with Crippen LogP contribution in [0, 0.1) is 5.82 Å². The smallest absolute Gasteiger partial charge is 0.165 e. The number of halogens is 2. The Bertz CT molecular complexity index is 785. The summed E-state index contributed by atoms with van der Waals surface area (Å²) in [7, 11) is 1.45. The molecule has 0 fully saturated rings. The third-order valence-corrected chi connectivity index (χ3v) is 3.53. The molecule has 1 aromatic heterocycles. The minimum Gasteiger partial charge on any atom is -0.494 e. The summed E-state index contributed by atoms with van der Waals surface area (Å²) >= 11 is 5.87. The number of imidazole rings is 1. The van der Waals surface area contributed by atoms with E-state index < -0.39 is 0 Å². The van der Waals surface area contributed by atoms with Crippen LogP contribution in [0.3, 0.4) is 0 Å². The first kappa shape index (κ1) is 13.9. The number of hydrogen-bond acceptors (Lipinski definition) is 2. The van der Waals surface area contributed by atoms with Gasteiger partial charge in [-0.3, -0.25) is 4.57 Å². The second kappa shape index (κ2) is 5.74. The monoisotopic (exact) mass is 304 g/mol. The first-order valence-corrected chi connectivity index (χ1v) is 7.14. The molecule has 5 heteroatoms. The summed E-state index contributed by atoms with van der Waals surface area (Å²) in [5, 5.41) is 0. The first-order valence-electron chi connectivity index (χ1n) is 6.61. The van der Waals surface area contributed by atoms with Crippen LogP contribution < -0.4 is 4.74 Å². The predicted molar refractivity (Wildman–Crippen MR) is 82.0 cm³/mol. The highest BCUT2D eigenvalue weighted by molar-refractivity contribution is 6.17. The van der Waals surface area contributed by atoms with E-state index in [-0.39, 0.29) is 11.6 Å². The van der Waals surface area contributed by atoms with Crippen molar-refractivity contribution in [2.24, 2.45) is 0 Å². The zero-order valence-electron chi connectivity index (χ0n) is 11.5. The summed E-state index contributed by atoms with van der Waals surface area (Å²) < 4.78 is 20.6. The fourth-order valence-corrected chi connectivity index (χ4v) is 2.57. The molecular weight excluding hydrogens is 291 g/mol. The maximum absolute atomic E-state index is 13.6. The molecule has 21 heavy (non-hydrogen) atoms. The van der Waals surface area contributed by atoms with Gasteiger partial charge in [-0.05, 0) is 24.3 Å². The summed E-state index contributed by atoms with van der Waals surface area (Å²) in [6, 6.07) is 12.6. The highest BCUT2D eigenvalue weighted by atomic mass is 35.5. The largest absolute Gasteiger partial charge is 0.494 e. The number of methoxy groups -OCH3 is 1. The lowest BCUT2D eigenvalue weighted by Gasteiger charge is -2.10. The fraction of sp³-hybridized carbons (Fsp3) is 0.188. The summed E-state index contributed by atoms with van der Waals surface area (Å²) in [4.78, 5) is 4.60. The Kier molecular flexibility index (Phi) is 3.80. The summed E-state index contributed by atoms with van der Waals surface area (Å²) in [5.41, 5.74) is 2.66. The predicted octanol–water partition coefficient (Wildman–Crippen LogP) is 3.95. The molecule has 3 aromatic rings. The molecule has 0 N–H and O–H groups in total. The Morgan fingerprint density at radius 2 is 2.05 bits per heavy atom. The number of alkyl halides is 1. The van der Waals surface area contributed by atoms with Crippen LogP contribution in [0.2, 0.25) is 0 Å². The Balaban J connectivity index is 2.24. The van der Waals surface area contributed by atoms with E-state index in [1.165, 1.54) is 13.2 Å². The maximum Gasteiger partial charge on any atom is 0.165 e. The molecule has 0 unspecified atom stereocenters. The van der Waals surface area contributed by atoms with Crippen LogP contribution in [0.15, 0.2) is 42.5 Å². The summed E-state index contributed by atoms with van der Waals surface area (Å²) in [6.07, 6.45) is 0.635. The van der Waals surface area contributed by atoms with Crippen molar-refractivity contribution in [2.75, 3.05) is 13.0 Å². The second-order valence-electron chi connectivity index (χ2n) is 4.61. The van der Waals surface area contributed by atoms with Gasteiger partial charge >= 0.3 is 0 Å². The van der Waals surface area contributed by atoms with Crippen LogP contribution in [0.1, 0.15) is 5.82 Å². The number of benzene rings is 2. The molecular formula is C16H14ClFN2O. The van der Waals surface area contributed by atoms with Gasteiger partial charge < -0.3 is 4.74 Å². The standard InChI is InChI=1S/C16H14ClFN2O/c1-21-15-10-11(6-7-12(15)18)20-14-5-3-2-4-13(14)19-16(20)8-9-17/h2-7,10H,8-9H2,1H3. The van der Waals surface area contributed by atoms with Gasteiger partial charge in [0.2, 0.25) is 0 Å². The van der Waals surface area contributed by atoms with Crippen LogP contribution in [0.5, 0.6) is 5.75 Å². The zero-order chi connectivity index (χ0) is 14.8. The van der Waals surface area contributed by atoms with Crippen molar-refractivity contribution in [1.82, 2.24) is 9.55 Å². The van der Waals surface area contributed by atoms with Crippen molar-refractivity contribution < 1.29 is 9.13 Å². The highest BCUT2D eigenvalue weighted by Crippen LogP contribution is 2.26. The molecule has 0 aliphatic rings.